The van der Waals surface area contributed by atoms with Crippen molar-refractivity contribution in [2.45, 2.75) is 32.4 Å². The third kappa shape index (κ3) is 4.80. The molecule has 4 nitrogen and oxygen atoms in total. The van der Waals surface area contributed by atoms with Gasteiger partial charge < -0.3 is 15.1 Å². The first-order valence-electron chi connectivity index (χ1n) is 9.65. The van der Waals surface area contributed by atoms with Crippen LogP contribution >= 0.6 is 23.2 Å². The van der Waals surface area contributed by atoms with E-state index in [4.69, 9.17) is 23.2 Å². The number of amides is 1. The van der Waals surface area contributed by atoms with Gasteiger partial charge in [0.15, 0.2) is 0 Å². The molecular formula is C22H27Cl2N3O. The minimum atomic E-state index is -0.141. The van der Waals surface area contributed by atoms with Gasteiger partial charge >= 0.3 is 0 Å². The molecular weight excluding hydrogens is 393 g/mol. The van der Waals surface area contributed by atoms with E-state index in [0.29, 0.717) is 34.2 Å². The normalized spacial score (nSPS) is 20.2. The van der Waals surface area contributed by atoms with Gasteiger partial charge in [-0.05, 0) is 57.1 Å². The Balaban J connectivity index is 1.67. The van der Waals surface area contributed by atoms with Crippen LogP contribution in [0.4, 0.5) is 5.69 Å². The van der Waals surface area contributed by atoms with Gasteiger partial charge in [-0.1, -0.05) is 41.4 Å². The summed E-state index contributed by atoms with van der Waals surface area (Å²) in [5, 5.41) is 3.82. The van der Waals surface area contributed by atoms with Crippen molar-refractivity contribution < 1.29 is 4.79 Å². The molecule has 0 aromatic heterocycles. The number of nitrogens with one attached hydrogen (secondary N) is 1. The number of halogens is 2. The van der Waals surface area contributed by atoms with E-state index in [1.165, 1.54) is 11.3 Å². The summed E-state index contributed by atoms with van der Waals surface area (Å²) < 4.78 is 0. The summed E-state index contributed by atoms with van der Waals surface area (Å²) in [5.41, 5.74) is 3.03. The maximum Gasteiger partial charge on any atom is 0.251 e. The summed E-state index contributed by atoms with van der Waals surface area (Å²) in [4.78, 5) is 17.3. The van der Waals surface area contributed by atoms with Crippen LogP contribution < -0.4 is 10.2 Å². The molecule has 2 atom stereocenters. The maximum absolute atomic E-state index is 12.4. The molecule has 1 fully saturated rings. The molecule has 0 spiro atoms. The Labute approximate surface area is 177 Å². The summed E-state index contributed by atoms with van der Waals surface area (Å²) in [6, 6.07) is 14.3. The fourth-order valence-corrected chi connectivity index (χ4v) is 4.38. The van der Waals surface area contributed by atoms with E-state index in [2.05, 4.69) is 60.3 Å². The smallest absolute Gasteiger partial charge is 0.251 e. The Bertz CT molecular complexity index is 830. The summed E-state index contributed by atoms with van der Waals surface area (Å²) in [6.07, 6.45) is 0.773. The van der Waals surface area contributed by atoms with Gasteiger partial charge in [0.05, 0.1) is 10.0 Å². The van der Waals surface area contributed by atoms with Gasteiger partial charge in [0, 0.05) is 43.0 Å². The molecule has 0 radical (unpaired) electrons. The summed E-state index contributed by atoms with van der Waals surface area (Å²) in [5.74, 6) is -0.141. The van der Waals surface area contributed by atoms with Crippen molar-refractivity contribution in [3.8, 4) is 0 Å². The monoisotopic (exact) mass is 419 g/mol. The first-order valence-corrected chi connectivity index (χ1v) is 10.4. The van der Waals surface area contributed by atoms with Crippen molar-refractivity contribution in [2.24, 2.45) is 0 Å². The third-order valence-electron chi connectivity index (χ3n) is 5.23. The molecule has 6 heteroatoms. The molecule has 1 saturated heterocycles. The minimum absolute atomic E-state index is 0.141. The molecule has 0 aliphatic carbocycles. The average Bonchev–Trinajstić information content (AvgIpc) is 2.64. The Morgan fingerprint density at radius 2 is 1.75 bits per heavy atom. The maximum atomic E-state index is 12.4. The van der Waals surface area contributed by atoms with Gasteiger partial charge in [-0.25, -0.2) is 0 Å². The van der Waals surface area contributed by atoms with E-state index in [1.54, 1.807) is 18.2 Å². The zero-order chi connectivity index (χ0) is 20.3. The predicted octanol–water partition coefficient (Wildman–Crippen LogP) is 4.49. The fraction of sp³-hybridized carbons (Fsp3) is 0.409. The van der Waals surface area contributed by atoms with E-state index in [9.17, 15) is 4.79 Å². The summed E-state index contributed by atoms with van der Waals surface area (Å²) in [6.45, 7) is 7.20. The van der Waals surface area contributed by atoms with Crippen molar-refractivity contribution >= 4 is 34.8 Å². The highest BCUT2D eigenvalue weighted by atomic mass is 35.5. The number of anilines is 1. The van der Waals surface area contributed by atoms with Crippen LogP contribution in [0, 0.1) is 0 Å². The highest BCUT2D eigenvalue weighted by Gasteiger charge is 2.28. The molecule has 1 aliphatic rings. The minimum Gasteiger partial charge on any atom is -0.363 e. The molecule has 2 aromatic rings. The summed E-state index contributed by atoms with van der Waals surface area (Å²) >= 11 is 11.9. The molecule has 1 amide bonds. The average molecular weight is 420 g/mol. The number of piperazine rings is 1. The van der Waals surface area contributed by atoms with E-state index in [0.717, 1.165) is 19.5 Å². The molecule has 0 bridgehead atoms. The Kier molecular flexibility index (Phi) is 6.86. The van der Waals surface area contributed by atoms with E-state index >= 15 is 0 Å². The van der Waals surface area contributed by atoms with Crippen LogP contribution in [0.2, 0.25) is 10.0 Å². The van der Waals surface area contributed by atoms with Crippen LogP contribution in [0.1, 0.15) is 29.8 Å². The van der Waals surface area contributed by atoms with Crippen LogP contribution in [0.15, 0.2) is 42.5 Å². The van der Waals surface area contributed by atoms with Gasteiger partial charge in [-0.3, -0.25) is 4.79 Å². The predicted molar refractivity (Wildman–Crippen MR) is 118 cm³/mol. The standard InChI is InChI=1S/C22H27Cl2N3O/c1-15-13-26(3)14-16(2)27(15)21-7-5-4-6-17(21)10-11-25-22(28)18-8-9-19(23)20(24)12-18/h4-9,12,15-16H,10-11,13-14H2,1-3H3,(H,25,28). The quantitative estimate of drug-likeness (QED) is 0.774. The van der Waals surface area contributed by atoms with Gasteiger partial charge in [0.2, 0.25) is 0 Å². The van der Waals surface area contributed by atoms with Crippen LogP contribution in [0.5, 0.6) is 0 Å². The lowest BCUT2D eigenvalue weighted by Gasteiger charge is -2.45. The molecule has 1 heterocycles. The number of hydrogen-bond donors (Lipinski definition) is 1. The Morgan fingerprint density at radius 3 is 2.43 bits per heavy atom. The lowest BCUT2D eigenvalue weighted by molar-refractivity contribution is 0.0954. The first-order chi connectivity index (χ1) is 13.4. The number of benzene rings is 2. The van der Waals surface area contributed by atoms with E-state index in [-0.39, 0.29) is 5.91 Å². The molecule has 2 aromatic carbocycles. The second-order valence-corrected chi connectivity index (χ2v) is 8.40. The molecule has 1 N–H and O–H groups in total. The SMILES string of the molecule is CC1CN(C)CC(C)N1c1ccccc1CCNC(=O)c1ccc(Cl)c(Cl)c1. The van der Waals surface area contributed by atoms with Gasteiger partial charge in [0.1, 0.15) is 0 Å². The van der Waals surface area contributed by atoms with Gasteiger partial charge in [-0.2, -0.15) is 0 Å². The number of nitrogens with zero attached hydrogens (tertiary/aromatic N) is 2. The lowest BCUT2D eigenvalue weighted by atomic mass is 10.0. The van der Waals surface area contributed by atoms with Crippen LogP contribution in [0.3, 0.4) is 0 Å². The van der Waals surface area contributed by atoms with Crippen molar-refractivity contribution in [3.63, 3.8) is 0 Å². The largest absolute Gasteiger partial charge is 0.363 e. The van der Waals surface area contributed by atoms with E-state index in [1.807, 2.05) is 0 Å². The van der Waals surface area contributed by atoms with Crippen LogP contribution in [-0.4, -0.2) is 49.6 Å². The first kappa shape index (κ1) is 21.0. The lowest BCUT2D eigenvalue weighted by Crippen LogP contribution is -2.56. The number of carbonyl (C=O) groups is 1. The van der Waals surface area contributed by atoms with Gasteiger partial charge in [0.25, 0.3) is 5.91 Å². The van der Waals surface area contributed by atoms with Crippen LogP contribution in [-0.2, 0) is 6.42 Å². The second kappa shape index (κ2) is 9.17. The number of hydrogen-bond acceptors (Lipinski definition) is 3. The van der Waals surface area contributed by atoms with Crippen molar-refractivity contribution in [1.29, 1.82) is 0 Å². The zero-order valence-corrected chi connectivity index (χ0v) is 18.1. The highest BCUT2D eigenvalue weighted by molar-refractivity contribution is 6.42. The third-order valence-corrected chi connectivity index (χ3v) is 5.97. The highest BCUT2D eigenvalue weighted by Crippen LogP contribution is 2.28. The number of likely N-dealkylation sites (N-methyl/N-ethyl adjacent to an activating group) is 1. The zero-order valence-electron chi connectivity index (χ0n) is 16.6. The van der Waals surface area contributed by atoms with Gasteiger partial charge in [-0.15, -0.1) is 0 Å². The number of rotatable bonds is 5. The fourth-order valence-electron chi connectivity index (χ4n) is 4.09. The second-order valence-electron chi connectivity index (χ2n) is 7.59. The summed E-state index contributed by atoms with van der Waals surface area (Å²) in [7, 11) is 2.18. The van der Waals surface area contributed by atoms with Crippen molar-refractivity contribution in [2.75, 3.05) is 31.6 Å². The number of para-hydroxylation sites is 1. The van der Waals surface area contributed by atoms with Crippen molar-refractivity contribution in [3.05, 3.63) is 63.6 Å². The Morgan fingerprint density at radius 1 is 1.07 bits per heavy atom. The number of carbonyl (C=O) groups excluding carboxylic acids is 1. The molecule has 1 aliphatic heterocycles. The molecule has 2 unspecified atom stereocenters. The Hall–Kier alpha value is -1.75. The van der Waals surface area contributed by atoms with Crippen molar-refractivity contribution in [1.82, 2.24) is 10.2 Å². The van der Waals surface area contributed by atoms with Crippen LogP contribution in [0.25, 0.3) is 0 Å². The molecule has 150 valence electrons. The topological polar surface area (TPSA) is 35.6 Å². The van der Waals surface area contributed by atoms with E-state index < -0.39 is 0 Å². The molecule has 3 rings (SSSR count). The molecule has 28 heavy (non-hydrogen) atoms. The molecule has 0 saturated carbocycles.